The molecule has 3 aromatic rings. The Kier molecular flexibility index (Phi) is 6.38. The van der Waals surface area contributed by atoms with Gasteiger partial charge in [0.1, 0.15) is 5.69 Å². The van der Waals surface area contributed by atoms with Crippen molar-refractivity contribution in [2.75, 3.05) is 39.5 Å². The second-order valence-corrected chi connectivity index (χ2v) is 11.2. The van der Waals surface area contributed by atoms with Gasteiger partial charge in [-0.3, -0.25) is 4.79 Å². The van der Waals surface area contributed by atoms with Crippen molar-refractivity contribution in [1.82, 2.24) is 13.8 Å². The summed E-state index contributed by atoms with van der Waals surface area (Å²) in [6.07, 6.45) is 1.97. The summed E-state index contributed by atoms with van der Waals surface area (Å²) in [6.45, 7) is 6.84. The highest BCUT2D eigenvalue weighted by Crippen LogP contribution is 2.30. The van der Waals surface area contributed by atoms with Crippen molar-refractivity contribution in [2.24, 2.45) is 0 Å². The molecular weight excluding hydrogens is 442 g/mol. The molecule has 2 aromatic carbocycles. The van der Waals surface area contributed by atoms with Crippen LogP contribution in [0, 0.1) is 0 Å². The van der Waals surface area contributed by atoms with Gasteiger partial charge in [-0.15, -0.1) is 11.8 Å². The first-order valence-electron chi connectivity index (χ1n) is 10.7. The van der Waals surface area contributed by atoms with Crippen LogP contribution in [0.5, 0.6) is 0 Å². The van der Waals surface area contributed by atoms with Gasteiger partial charge in [-0.05, 0) is 61.2 Å². The molecule has 0 unspecified atom stereocenters. The Balaban J connectivity index is 1.86. The maximum atomic E-state index is 13.8. The highest BCUT2D eigenvalue weighted by molar-refractivity contribution is 7.98. The average Bonchev–Trinajstić information content (AvgIpc) is 3.18. The van der Waals surface area contributed by atoms with Crippen LogP contribution >= 0.6 is 11.8 Å². The second-order valence-electron chi connectivity index (χ2n) is 8.54. The fourth-order valence-corrected chi connectivity index (χ4v) is 5.96. The van der Waals surface area contributed by atoms with Crippen molar-refractivity contribution in [3.63, 3.8) is 0 Å². The molecule has 0 N–H and O–H groups in total. The molecule has 2 heterocycles. The molecule has 32 heavy (non-hydrogen) atoms. The quantitative estimate of drug-likeness (QED) is 0.524. The van der Waals surface area contributed by atoms with Crippen LogP contribution < -0.4 is 0 Å². The molecule has 1 amide bonds. The van der Waals surface area contributed by atoms with Crippen molar-refractivity contribution < 1.29 is 13.2 Å². The standard InChI is InChI=1S/C24H29N3O3S2/c1-17(2)18-5-8-21(9-6-18)32(29,30)27-22-10-7-20(31-4)15-19(22)16-23(27)24(28)26-13-11-25(3)12-14-26/h5-10,15-17H,11-14H2,1-4H3. The number of amides is 1. The monoisotopic (exact) mass is 471 g/mol. The Bertz CT molecular complexity index is 1240. The summed E-state index contributed by atoms with van der Waals surface area (Å²) in [5.74, 6) is 0.0564. The van der Waals surface area contributed by atoms with E-state index in [0.717, 1.165) is 28.9 Å². The third-order valence-electron chi connectivity index (χ3n) is 6.06. The Hall–Kier alpha value is -2.29. The van der Waals surface area contributed by atoms with Gasteiger partial charge in [-0.2, -0.15) is 0 Å². The highest BCUT2D eigenvalue weighted by Gasteiger charge is 2.30. The van der Waals surface area contributed by atoms with Crippen LogP contribution in [0.1, 0.15) is 35.8 Å². The van der Waals surface area contributed by atoms with Gasteiger partial charge in [0.2, 0.25) is 0 Å². The summed E-state index contributed by atoms with van der Waals surface area (Å²) in [5, 5.41) is 0.747. The Labute approximate surface area is 194 Å². The largest absolute Gasteiger partial charge is 0.335 e. The molecule has 4 rings (SSSR count). The normalized spacial score (nSPS) is 15.6. The maximum absolute atomic E-state index is 13.8. The summed E-state index contributed by atoms with van der Waals surface area (Å²) in [6, 6.07) is 14.3. The summed E-state index contributed by atoms with van der Waals surface area (Å²) >= 11 is 1.58. The van der Waals surface area contributed by atoms with E-state index in [0.29, 0.717) is 24.5 Å². The number of piperazine rings is 1. The van der Waals surface area contributed by atoms with Crippen molar-refractivity contribution in [3.05, 3.63) is 59.8 Å². The lowest BCUT2D eigenvalue weighted by atomic mass is 10.0. The topological polar surface area (TPSA) is 62.6 Å². The molecule has 0 spiro atoms. The Morgan fingerprint density at radius 2 is 1.62 bits per heavy atom. The number of hydrogen-bond donors (Lipinski definition) is 0. The third kappa shape index (κ3) is 4.19. The maximum Gasteiger partial charge on any atom is 0.271 e. The lowest BCUT2D eigenvalue weighted by molar-refractivity contribution is 0.0657. The molecular formula is C24H29N3O3S2. The predicted molar refractivity (Wildman–Crippen MR) is 130 cm³/mol. The molecule has 8 heteroatoms. The number of benzene rings is 2. The number of thioether (sulfide) groups is 1. The van der Waals surface area contributed by atoms with Gasteiger partial charge in [0.25, 0.3) is 15.9 Å². The lowest BCUT2D eigenvalue weighted by Crippen LogP contribution is -2.47. The van der Waals surface area contributed by atoms with E-state index < -0.39 is 10.0 Å². The van der Waals surface area contributed by atoms with E-state index in [1.54, 1.807) is 40.9 Å². The van der Waals surface area contributed by atoms with Gasteiger partial charge >= 0.3 is 0 Å². The highest BCUT2D eigenvalue weighted by atomic mass is 32.2. The van der Waals surface area contributed by atoms with Crippen LogP contribution in [0.3, 0.4) is 0 Å². The van der Waals surface area contributed by atoms with Gasteiger partial charge in [-0.1, -0.05) is 26.0 Å². The van der Waals surface area contributed by atoms with Gasteiger partial charge < -0.3 is 9.80 Å². The minimum Gasteiger partial charge on any atom is -0.335 e. The minimum absolute atomic E-state index is 0.181. The van der Waals surface area contributed by atoms with E-state index in [2.05, 4.69) is 18.7 Å². The number of fused-ring (bicyclic) bond motifs is 1. The molecule has 1 aliphatic heterocycles. The smallest absolute Gasteiger partial charge is 0.271 e. The van der Waals surface area contributed by atoms with Crippen LogP contribution in [0.2, 0.25) is 0 Å². The van der Waals surface area contributed by atoms with Gasteiger partial charge in [0.15, 0.2) is 0 Å². The summed E-state index contributed by atoms with van der Waals surface area (Å²) in [5.41, 5.74) is 1.78. The molecule has 0 bridgehead atoms. The number of nitrogens with zero attached hydrogens (tertiary/aromatic N) is 3. The minimum atomic E-state index is -3.96. The first-order valence-corrected chi connectivity index (χ1v) is 13.4. The Morgan fingerprint density at radius 3 is 2.22 bits per heavy atom. The van der Waals surface area contributed by atoms with Gasteiger partial charge in [-0.25, -0.2) is 12.4 Å². The second kappa shape index (κ2) is 8.92. The number of aromatic nitrogens is 1. The van der Waals surface area contributed by atoms with E-state index in [-0.39, 0.29) is 16.5 Å². The average molecular weight is 472 g/mol. The first-order chi connectivity index (χ1) is 15.2. The number of carbonyl (C=O) groups is 1. The van der Waals surface area contributed by atoms with Gasteiger partial charge in [0.05, 0.1) is 10.4 Å². The molecule has 170 valence electrons. The van der Waals surface area contributed by atoms with Crippen LogP contribution in [-0.4, -0.2) is 67.6 Å². The third-order valence-corrected chi connectivity index (χ3v) is 8.53. The van der Waals surface area contributed by atoms with Crippen molar-refractivity contribution in [2.45, 2.75) is 29.6 Å². The van der Waals surface area contributed by atoms with E-state index in [4.69, 9.17) is 0 Å². The van der Waals surface area contributed by atoms with Crippen molar-refractivity contribution in [3.8, 4) is 0 Å². The fraction of sp³-hybridized carbons (Fsp3) is 0.375. The summed E-state index contributed by atoms with van der Waals surface area (Å²) < 4.78 is 28.8. The summed E-state index contributed by atoms with van der Waals surface area (Å²) in [7, 11) is -1.94. The molecule has 0 aliphatic carbocycles. The fourth-order valence-electron chi connectivity index (χ4n) is 4.01. The van der Waals surface area contributed by atoms with Crippen LogP contribution in [-0.2, 0) is 10.0 Å². The zero-order valence-electron chi connectivity index (χ0n) is 18.9. The van der Waals surface area contributed by atoms with Crippen LogP contribution in [0.25, 0.3) is 10.9 Å². The van der Waals surface area contributed by atoms with Crippen LogP contribution in [0.15, 0.2) is 58.3 Å². The van der Waals surface area contributed by atoms with E-state index >= 15 is 0 Å². The lowest BCUT2D eigenvalue weighted by Gasteiger charge is -2.32. The van der Waals surface area contributed by atoms with Crippen LogP contribution in [0.4, 0.5) is 0 Å². The predicted octanol–water partition coefficient (Wildman–Crippen LogP) is 4.11. The molecule has 6 nitrogen and oxygen atoms in total. The number of likely N-dealkylation sites (N-methyl/N-ethyl adjacent to an activating group) is 1. The van der Waals surface area contributed by atoms with Crippen molar-refractivity contribution >= 4 is 38.6 Å². The zero-order chi connectivity index (χ0) is 23.0. The molecule has 0 atom stereocenters. The first kappa shape index (κ1) is 22.9. The summed E-state index contributed by atoms with van der Waals surface area (Å²) in [4.78, 5) is 18.6. The molecule has 0 radical (unpaired) electrons. The Morgan fingerprint density at radius 1 is 0.969 bits per heavy atom. The van der Waals surface area contributed by atoms with Crippen molar-refractivity contribution in [1.29, 1.82) is 0 Å². The van der Waals surface area contributed by atoms with Gasteiger partial charge in [0, 0.05) is 36.5 Å². The molecule has 0 saturated carbocycles. The van der Waals surface area contributed by atoms with E-state index in [9.17, 15) is 13.2 Å². The van der Waals surface area contributed by atoms with E-state index in [1.165, 1.54) is 3.97 Å². The molecule has 1 aliphatic rings. The molecule has 1 saturated heterocycles. The number of rotatable bonds is 5. The molecule has 1 fully saturated rings. The zero-order valence-corrected chi connectivity index (χ0v) is 20.5. The SMILES string of the molecule is CSc1ccc2c(c1)cc(C(=O)N1CCN(C)CC1)n2S(=O)(=O)c1ccc(C(C)C)cc1. The van der Waals surface area contributed by atoms with E-state index in [1.807, 2.05) is 37.6 Å². The number of hydrogen-bond acceptors (Lipinski definition) is 5. The molecule has 1 aromatic heterocycles. The number of carbonyl (C=O) groups excluding carboxylic acids is 1.